The molecule has 0 aliphatic carbocycles. The van der Waals surface area contributed by atoms with Crippen LogP contribution in [0.15, 0.2) is 24.9 Å². The van der Waals surface area contributed by atoms with E-state index in [0.29, 0.717) is 6.04 Å². The van der Waals surface area contributed by atoms with Gasteiger partial charge in [-0.2, -0.15) is 5.10 Å². The summed E-state index contributed by atoms with van der Waals surface area (Å²) < 4.78 is 3.91. The van der Waals surface area contributed by atoms with E-state index in [4.69, 9.17) is 0 Å². The molecule has 2 aromatic heterocycles. The van der Waals surface area contributed by atoms with Gasteiger partial charge in [0.2, 0.25) is 0 Å². The molecule has 1 aliphatic heterocycles. The molecular weight excluding hydrogens is 202 g/mol. The number of nitrogens with zero attached hydrogens (tertiary/aromatic N) is 4. The quantitative estimate of drug-likeness (QED) is 0.817. The van der Waals surface area contributed by atoms with Gasteiger partial charge >= 0.3 is 0 Å². The molecule has 3 rings (SSSR count). The molecule has 1 unspecified atom stereocenters. The number of aryl methyl sites for hydroxylation is 1. The Morgan fingerprint density at radius 1 is 1.44 bits per heavy atom. The van der Waals surface area contributed by atoms with E-state index < -0.39 is 0 Å². The maximum atomic E-state index is 4.24. The fourth-order valence-corrected chi connectivity index (χ4v) is 2.25. The first-order valence-corrected chi connectivity index (χ1v) is 5.59. The summed E-state index contributed by atoms with van der Waals surface area (Å²) in [6, 6.07) is 0.433. The van der Waals surface area contributed by atoms with Crippen molar-refractivity contribution in [3.8, 4) is 5.69 Å². The maximum Gasteiger partial charge on any atom is 0.0995 e. The molecule has 1 N–H and O–H groups in total. The van der Waals surface area contributed by atoms with Crippen molar-refractivity contribution in [3.63, 3.8) is 0 Å². The summed E-state index contributed by atoms with van der Waals surface area (Å²) in [4.78, 5) is 4.24. The second-order valence-electron chi connectivity index (χ2n) is 4.21. The summed E-state index contributed by atoms with van der Waals surface area (Å²) in [6.07, 6.45) is 10.1. The van der Waals surface area contributed by atoms with Crippen LogP contribution in [0, 0.1) is 0 Å². The zero-order valence-corrected chi connectivity index (χ0v) is 9.30. The monoisotopic (exact) mass is 217 g/mol. The van der Waals surface area contributed by atoms with Crippen molar-refractivity contribution in [2.75, 3.05) is 6.54 Å². The zero-order valence-electron chi connectivity index (χ0n) is 9.30. The number of aromatic nitrogens is 4. The highest BCUT2D eigenvalue weighted by Gasteiger charge is 2.20. The molecule has 1 saturated heterocycles. The Kier molecular flexibility index (Phi) is 2.25. The Balaban J connectivity index is 1.98. The fraction of sp³-hybridized carbons (Fsp3) is 0.455. The molecule has 1 fully saturated rings. The first-order valence-electron chi connectivity index (χ1n) is 5.59. The lowest BCUT2D eigenvalue weighted by atomic mass is 10.2. The van der Waals surface area contributed by atoms with E-state index in [9.17, 15) is 0 Å². The van der Waals surface area contributed by atoms with Crippen LogP contribution in [0.5, 0.6) is 0 Å². The van der Waals surface area contributed by atoms with Gasteiger partial charge in [0.05, 0.1) is 30.1 Å². The van der Waals surface area contributed by atoms with Crippen molar-refractivity contribution < 1.29 is 0 Å². The molecule has 84 valence electrons. The van der Waals surface area contributed by atoms with Crippen LogP contribution in [-0.2, 0) is 7.05 Å². The highest BCUT2D eigenvalue weighted by molar-refractivity contribution is 5.29. The minimum Gasteiger partial charge on any atom is -0.309 e. The third kappa shape index (κ3) is 1.53. The third-order valence-corrected chi connectivity index (χ3v) is 3.05. The van der Waals surface area contributed by atoms with E-state index >= 15 is 0 Å². The van der Waals surface area contributed by atoms with Crippen LogP contribution in [0.2, 0.25) is 0 Å². The number of imidazole rings is 1. The molecule has 5 heteroatoms. The van der Waals surface area contributed by atoms with Crippen LogP contribution in [0.3, 0.4) is 0 Å². The van der Waals surface area contributed by atoms with Gasteiger partial charge in [-0.1, -0.05) is 0 Å². The Hall–Kier alpha value is -1.62. The summed E-state index contributed by atoms with van der Waals surface area (Å²) in [7, 11) is 1.92. The van der Waals surface area contributed by atoms with Crippen LogP contribution in [0.25, 0.3) is 5.69 Å². The first-order chi connectivity index (χ1) is 7.84. The van der Waals surface area contributed by atoms with Crippen molar-refractivity contribution in [3.05, 3.63) is 30.6 Å². The average molecular weight is 217 g/mol. The Morgan fingerprint density at radius 3 is 3.06 bits per heavy atom. The molecule has 0 saturated carbocycles. The topological polar surface area (TPSA) is 47.7 Å². The van der Waals surface area contributed by atoms with E-state index in [0.717, 1.165) is 12.2 Å². The third-order valence-electron chi connectivity index (χ3n) is 3.05. The summed E-state index contributed by atoms with van der Waals surface area (Å²) >= 11 is 0. The molecule has 0 spiro atoms. The second kappa shape index (κ2) is 3.75. The van der Waals surface area contributed by atoms with Gasteiger partial charge in [0.1, 0.15) is 0 Å². The van der Waals surface area contributed by atoms with Gasteiger partial charge in [-0.15, -0.1) is 0 Å². The molecule has 0 aromatic carbocycles. The zero-order chi connectivity index (χ0) is 11.0. The second-order valence-corrected chi connectivity index (χ2v) is 4.21. The summed E-state index contributed by atoms with van der Waals surface area (Å²) in [6.45, 7) is 1.10. The van der Waals surface area contributed by atoms with E-state index in [-0.39, 0.29) is 0 Å². The van der Waals surface area contributed by atoms with Crippen molar-refractivity contribution in [1.29, 1.82) is 0 Å². The van der Waals surface area contributed by atoms with Crippen LogP contribution < -0.4 is 5.32 Å². The SMILES string of the molecule is Cn1cc(-n2cncc2C2CCCN2)cn1. The van der Waals surface area contributed by atoms with Crippen molar-refractivity contribution in [2.45, 2.75) is 18.9 Å². The fourth-order valence-electron chi connectivity index (χ4n) is 2.25. The van der Waals surface area contributed by atoms with Crippen LogP contribution >= 0.6 is 0 Å². The van der Waals surface area contributed by atoms with Crippen LogP contribution in [0.4, 0.5) is 0 Å². The Morgan fingerprint density at radius 2 is 2.38 bits per heavy atom. The van der Waals surface area contributed by atoms with Crippen LogP contribution in [0.1, 0.15) is 24.6 Å². The van der Waals surface area contributed by atoms with Gasteiger partial charge < -0.3 is 5.32 Å². The normalized spacial score (nSPS) is 20.4. The molecule has 16 heavy (non-hydrogen) atoms. The van der Waals surface area contributed by atoms with E-state index in [2.05, 4.69) is 20.0 Å². The summed E-state index contributed by atoms with van der Waals surface area (Å²) in [5.41, 5.74) is 2.30. The summed E-state index contributed by atoms with van der Waals surface area (Å²) in [5, 5.41) is 7.68. The van der Waals surface area contributed by atoms with Gasteiger partial charge in [-0.3, -0.25) is 9.25 Å². The van der Waals surface area contributed by atoms with E-state index in [1.165, 1.54) is 18.5 Å². The minimum atomic E-state index is 0.433. The number of rotatable bonds is 2. The number of hydrogen-bond acceptors (Lipinski definition) is 3. The molecule has 0 amide bonds. The molecule has 5 nitrogen and oxygen atoms in total. The molecule has 3 heterocycles. The first kappa shape index (κ1) is 9.59. The van der Waals surface area contributed by atoms with E-state index in [1.807, 2.05) is 32.0 Å². The summed E-state index contributed by atoms with van der Waals surface area (Å²) in [5.74, 6) is 0. The smallest absolute Gasteiger partial charge is 0.0995 e. The Bertz CT molecular complexity index is 478. The molecule has 0 bridgehead atoms. The van der Waals surface area contributed by atoms with Gasteiger partial charge in [0.15, 0.2) is 0 Å². The predicted octanol–water partition coefficient (Wildman–Crippen LogP) is 1.03. The molecule has 2 aromatic rings. The largest absolute Gasteiger partial charge is 0.309 e. The minimum absolute atomic E-state index is 0.433. The highest BCUT2D eigenvalue weighted by atomic mass is 15.3. The van der Waals surface area contributed by atoms with Gasteiger partial charge in [-0.05, 0) is 19.4 Å². The number of nitrogens with one attached hydrogen (secondary N) is 1. The van der Waals surface area contributed by atoms with Crippen molar-refractivity contribution in [1.82, 2.24) is 24.6 Å². The van der Waals surface area contributed by atoms with E-state index in [1.54, 1.807) is 4.68 Å². The Labute approximate surface area is 94.1 Å². The van der Waals surface area contributed by atoms with Crippen molar-refractivity contribution in [2.24, 2.45) is 7.05 Å². The molecule has 0 radical (unpaired) electrons. The molecular formula is C11H15N5. The van der Waals surface area contributed by atoms with Crippen molar-refractivity contribution >= 4 is 0 Å². The lowest BCUT2D eigenvalue weighted by Gasteiger charge is -2.12. The van der Waals surface area contributed by atoms with Gasteiger partial charge in [0.25, 0.3) is 0 Å². The standard InChI is InChI=1S/C11H15N5/c1-15-7-9(5-14-15)16-8-12-6-11(16)10-3-2-4-13-10/h5-8,10,13H,2-4H2,1H3. The lowest BCUT2D eigenvalue weighted by molar-refractivity contribution is 0.615. The van der Waals surface area contributed by atoms with Gasteiger partial charge in [0, 0.05) is 19.3 Å². The maximum absolute atomic E-state index is 4.24. The predicted molar refractivity (Wildman–Crippen MR) is 60.3 cm³/mol. The highest BCUT2D eigenvalue weighted by Crippen LogP contribution is 2.24. The lowest BCUT2D eigenvalue weighted by Crippen LogP contribution is -2.15. The number of hydrogen-bond donors (Lipinski definition) is 1. The average Bonchev–Trinajstić information content (AvgIpc) is 2.96. The molecule has 1 atom stereocenters. The molecule has 1 aliphatic rings. The van der Waals surface area contributed by atoms with Gasteiger partial charge in [-0.25, -0.2) is 4.98 Å². The van der Waals surface area contributed by atoms with Crippen LogP contribution in [-0.4, -0.2) is 25.9 Å².